The first-order chi connectivity index (χ1) is 16.5. The van der Waals surface area contributed by atoms with Crippen LogP contribution in [-0.4, -0.2) is 28.7 Å². The molecule has 0 fully saturated rings. The number of rotatable bonds is 7. The van der Waals surface area contributed by atoms with Crippen molar-refractivity contribution in [2.24, 2.45) is 5.73 Å². The van der Waals surface area contributed by atoms with Crippen LogP contribution in [0.5, 0.6) is 11.5 Å². The van der Waals surface area contributed by atoms with Crippen LogP contribution >= 0.6 is 0 Å². The van der Waals surface area contributed by atoms with E-state index in [4.69, 9.17) is 15.6 Å². The normalized spacial score (nSPS) is 10.5. The van der Waals surface area contributed by atoms with Crippen LogP contribution in [0.25, 0.3) is 0 Å². The van der Waals surface area contributed by atoms with E-state index in [1.165, 1.54) is 0 Å². The summed E-state index contributed by atoms with van der Waals surface area (Å²) in [5.74, 6) is 5.39. The Morgan fingerprint density at radius 2 is 1.63 bits per heavy atom. The van der Waals surface area contributed by atoms with Gasteiger partial charge >= 0.3 is 5.97 Å². The molecule has 0 saturated carbocycles. The fraction of sp³-hybridized carbons (Fsp3) is 0.241. The number of amides is 1. The van der Waals surface area contributed by atoms with Crippen molar-refractivity contribution in [3.63, 3.8) is 0 Å². The number of primary amides is 1. The second-order valence-corrected chi connectivity index (χ2v) is 8.82. The maximum atomic E-state index is 11.3. The molecule has 0 heterocycles. The third kappa shape index (κ3) is 6.42. The van der Waals surface area contributed by atoms with E-state index in [1.54, 1.807) is 24.3 Å². The minimum absolute atomic E-state index is 0.0966. The molecule has 0 aromatic heterocycles. The molecule has 1 amide bonds. The van der Waals surface area contributed by atoms with Crippen LogP contribution in [-0.2, 0) is 11.2 Å². The molecule has 0 spiro atoms. The zero-order valence-corrected chi connectivity index (χ0v) is 20.3. The van der Waals surface area contributed by atoms with Crippen molar-refractivity contribution in [1.82, 2.24) is 0 Å². The highest BCUT2D eigenvalue weighted by Gasteiger charge is 2.14. The summed E-state index contributed by atoms with van der Waals surface area (Å²) in [5.41, 5.74) is 11.8. The molecule has 6 nitrogen and oxygen atoms in total. The number of carboxylic acid groups (broad SMARTS) is 1. The maximum absolute atomic E-state index is 11.3. The number of carbonyl (C=O) groups excluding carboxylic acids is 1. The number of aryl methyl sites for hydroxylation is 2. The summed E-state index contributed by atoms with van der Waals surface area (Å²) >= 11 is 0. The van der Waals surface area contributed by atoms with Gasteiger partial charge in [0.1, 0.15) is 11.5 Å². The molecule has 0 atom stereocenters. The Bertz CT molecular complexity index is 1300. The third-order valence-electron chi connectivity index (χ3n) is 5.74. The Morgan fingerprint density at radius 1 is 1.00 bits per heavy atom. The Morgan fingerprint density at radius 3 is 2.17 bits per heavy atom. The Labute approximate surface area is 205 Å². The number of phenols is 1. The molecule has 6 heteroatoms. The number of carbonyl (C=O) groups is 2. The number of aliphatic carboxylic acids is 1. The van der Waals surface area contributed by atoms with E-state index in [9.17, 15) is 14.7 Å². The van der Waals surface area contributed by atoms with Gasteiger partial charge in [-0.05, 0) is 96.5 Å². The lowest BCUT2D eigenvalue weighted by Gasteiger charge is -2.16. The number of phenolic OH excluding ortho intramolecular Hbond substituents is 1. The lowest BCUT2D eigenvalue weighted by molar-refractivity contribution is -0.139. The number of benzene rings is 3. The predicted molar refractivity (Wildman–Crippen MR) is 135 cm³/mol. The monoisotopic (exact) mass is 471 g/mol. The fourth-order valence-corrected chi connectivity index (χ4v) is 3.88. The summed E-state index contributed by atoms with van der Waals surface area (Å²) in [5, 5.41) is 19.7. The van der Waals surface area contributed by atoms with E-state index >= 15 is 0 Å². The number of hydrogen-bond donors (Lipinski definition) is 3. The molecule has 0 unspecified atom stereocenters. The average Bonchev–Trinajstić information content (AvgIpc) is 2.80. The van der Waals surface area contributed by atoms with Crippen molar-refractivity contribution in [2.75, 3.05) is 6.61 Å². The summed E-state index contributed by atoms with van der Waals surface area (Å²) in [7, 11) is 0. The van der Waals surface area contributed by atoms with E-state index in [-0.39, 0.29) is 18.3 Å². The number of aromatic hydroxyl groups is 1. The van der Waals surface area contributed by atoms with Crippen LogP contribution in [0.3, 0.4) is 0 Å². The van der Waals surface area contributed by atoms with Crippen LogP contribution < -0.4 is 10.5 Å². The highest BCUT2D eigenvalue weighted by molar-refractivity contribution is 5.92. The van der Waals surface area contributed by atoms with Gasteiger partial charge < -0.3 is 20.7 Å². The van der Waals surface area contributed by atoms with Gasteiger partial charge in [0, 0.05) is 11.1 Å². The van der Waals surface area contributed by atoms with Gasteiger partial charge in [0.15, 0.2) is 6.61 Å². The third-order valence-corrected chi connectivity index (χ3v) is 5.74. The summed E-state index contributed by atoms with van der Waals surface area (Å²) in [4.78, 5) is 22.1. The van der Waals surface area contributed by atoms with Crippen molar-refractivity contribution >= 4 is 11.9 Å². The topological polar surface area (TPSA) is 110 Å². The van der Waals surface area contributed by atoms with Crippen molar-refractivity contribution in [3.05, 3.63) is 93.0 Å². The molecule has 0 aliphatic rings. The first-order valence-electron chi connectivity index (χ1n) is 11.3. The first kappa shape index (κ1) is 25.4. The van der Waals surface area contributed by atoms with Gasteiger partial charge in [-0.1, -0.05) is 31.8 Å². The maximum Gasteiger partial charge on any atom is 0.341 e. The highest BCUT2D eigenvalue weighted by Crippen LogP contribution is 2.32. The van der Waals surface area contributed by atoms with Gasteiger partial charge in [-0.25, -0.2) is 4.79 Å². The Balaban J connectivity index is 1.96. The van der Waals surface area contributed by atoms with Crippen LogP contribution in [0, 0.1) is 25.7 Å². The lowest BCUT2D eigenvalue weighted by atomic mass is 9.91. The summed E-state index contributed by atoms with van der Waals surface area (Å²) in [6.45, 7) is 7.58. The molecule has 3 rings (SSSR count). The Hall–Kier alpha value is -4.24. The van der Waals surface area contributed by atoms with E-state index < -0.39 is 11.9 Å². The minimum Gasteiger partial charge on any atom is -0.506 e. The summed E-state index contributed by atoms with van der Waals surface area (Å²) in [6.07, 6.45) is 0.624. The van der Waals surface area contributed by atoms with Crippen molar-refractivity contribution in [3.8, 4) is 23.3 Å². The summed E-state index contributed by atoms with van der Waals surface area (Å²) in [6, 6.07) is 14.3. The molecule has 0 radical (unpaired) electrons. The molecule has 4 N–H and O–H groups in total. The zero-order valence-electron chi connectivity index (χ0n) is 20.3. The zero-order chi connectivity index (χ0) is 25.7. The van der Waals surface area contributed by atoms with Gasteiger partial charge in [-0.15, -0.1) is 0 Å². The van der Waals surface area contributed by atoms with Crippen LogP contribution in [0.4, 0.5) is 0 Å². The van der Waals surface area contributed by atoms with Crippen molar-refractivity contribution in [1.29, 1.82) is 0 Å². The number of hydrogen-bond acceptors (Lipinski definition) is 4. The first-order valence-corrected chi connectivity index (χ1v) is 11.3. The van der Waals surface area contributed by atoms with Gasteiger partial charge in [0.2, 0.25) is 5.91 Å². The van der Waals surface area contributed by atoms with Crippen molar-refractivity contribution < 1.29 is 24.5 Å². The van der Waals surface area contributed by atoms with Gasteiger partial charge in [-0.3, -0.25) is 4.79 Å². The molecule has 0 aliphatic heterocycles. The molecular formula is C29H29NO5. The SMILES string of the molecule is Cc1cc(OCC(=O)O)cc(C)c1Cc1cc(C#Cc2ccc(C(N)=O)cc2)c(O)c(C(C)C)c1. The van der Waals surface area contributed by atoms with E-state index in [0.29, 0.717) is 28.9 Å². The molecule has 0 bridgehead atoms. The molecule has 3 aromatic carbocycles. The molecule has 0 aliphatic carbocycles. The van der Waals surface area contributed by atoms with Crippen LogP contribution in [0.15, 0.2) is 48.5 Å². The van der Waals surface area contributed by atoms with E-state index in [0.717, 1.165) is 27.8 Å². The predicted octanol–water partition coefficient (Wildman–Crippen LogP) is 4.69. The largest absolute Gasteiger partial charge is 0.506 e. The Kier molecular flexibility index (Phi) is 7.83. The second-order valence-electron chi connectivity index (χ2n) is 8.82. The van der Waals surface area contributed by atoms with E-state index in [2.05, 4.69) is 11.8 Å². The molecule has 0 saturated heterocycles. The van der Waals surface area contributed by atoms with Gasteiger partial charge in [-0.2, -0.15) is 0 Å². The number of carboxylic acids is 1. The quantitative estimate of drug-likeness (QED) is 0.433. The molecule has 35 heavy (non-hydrogen) atoms. The lowest BCUT2D eigenvalue weighted by Crippen LogP contribution is -2.10. The molecular weight excluding hydrogens is 442 g/mol. The highest BCUT2D eigenvalue weighted by atomic mass is 16.5. The fourth-order valence-electron chi connectivity index (χ4n) is 3.88. The molecule has 3 aromatic rings. The number of nitrogens with two attached hydrogens (primary N) is 1. The average molecular weight is 472 g/mol. The van der Waals surface area contributed by atoms with Crippen molar-refractivity contribution in [2.45, 2.75) is 40.0 Å². The number of ether oxygens (including phenoxy) is 1. The second kappa shape index (κ2) is 10.8. The smallest absolute Gasteiger partial charge is 0.341 e. The summed E-state index contributed by atoms with van der Waals surface area (Å²) < 4.78 is 5.34. The molecule has 180 valence electrons. The standard InChI is InChI=1S/C29H29NO5/c1-17(2)25-14-21(15-26-18(3)11-24(12-19(26)4)35-16-27(31)32)13-23(28(25)33)10-7-20-5-8-22(9-6-20)29(30)34/h5-6,8-9,11-14,17,33H,15-16H2,1-4H3,(H2,30,34)(H,31,32). The van der Waals surface area contributed by atoms with Crippen LogP contribution in [0.1, 0.15) is 69.1 Å². The van der Waals surface area contributed by atoms with Gasteiger partial charge in [0.05, 0.1) is 5.56 Å². The minimum atomic E-state index is -1.02. The van der Waals surface area contributed by atoms with Crippen LogP contribution in [0.2, 0.25) is 0 Å². The van der Waals surface area contributed by atoms with E-state index in [1.807, 2.05) is 52.0 Å². The van der Waals surface area contributed by atoms with Gasteiger partial charge in [0.25, 0.3) is 0 Å².